The first-order valence-electron chi connectivity index (χ1n) is 8.52. The molecule has 0 aliphatic carbocycles. The molecule has 0 unspecified atom stereocenters. The molecule has 1 aromatic rings. The molecule has 1 rings (SSSR count). The average Bonchev–Trinajstić information content (AvgIpc) is 2.58. The molecule has 3 N–H and O–H groups in total. The summed E-state index contributed by atoms with van der Waals surface area (Å²) in [6, 6.07) is 6.33. The molecular formula is C18H27F3N4O2. The summed E-state index contributed by atoms with van der Waals surface area (Å²) in [5.41, 5.74) is 0.425. The molecule has 0 aromatic heterocycles. The Morgan fingerprint density at radius 3 is 2.15 bits per heavy atom. The summed E-state index contributed by atoms with van der Waals surface area (Å²) in [7, 11) is 1.62. The number of carbonyl (C=O) groups excluding carboxylic acids is 1. The Balaban J connectivity index is 2.35. The van der Waals surface area contributed by atoms with Gasteiger partial charge in [0.15, 0.2) is 12.6 Å². The van der Waals surface area contributed by atoms with Crippen molar-refractivity contribution in [3.8, 4) is 5.75 Å². The number of carbonyl (C=O) groups is 1. The van der Waals surface area contributed by atoms with Crippen LogP contribution in [0, 0.1) is 5.41 Å². The fourth-order valence-electron chi connectivity index (χ4n) is 1.90. The minimum Gasteiger partial charge on any atom is -0.484 e. The van der Waals surface area contributed by atoms with E-state index in [9.17, 15) is 18.0 Å². The van der Waals surface area contributed by atoms with E-state index >= 15 is 0 Å². The number of nitrogens with one attached hydrogen (secondary N) is 3. The van der Waals surface area contributed by atoms with Gasteiger partial charge in [0, 0.05) is 32.1 Å². The van der Waals surface area contributed by atoms with Crippen molar-refractivity contribution in [2.45, 2.75) is 33.5 Å². The van der Waals surface area contributed by atoms with Crippen LogP contribution < -0.4 is 20.7 Å². The average molecular weight is 388 g/mol. The predicted molar refractivity (Wildman–Crippen MR) is 98.7 cm³/mol. The van der Waals surface area contributed by atoms with Gasteiger partial charge >= 0.3 is 6.18 Å². The lowest BCUT2D eigenvalue weighted by molar-refractivity contribution is -0.153. The Hall–Kier alpha value is -2.45. The van der Waals surface area contributed by atoms with Gasteiger partial charge in [-0.15, -0.1) is 0 Å². The highest BCUT2D eigenvalue weighted by Crippen LogP contribution is 2.18. The van der Waals surface area contributed by atoms with Crippen LogP contribution in [0.2, 0.25) is 0 Å². The van der Waals surface area contributed by atoms with Crippen LogP contribution in [0.4, 0.5) is 13.2 Å². The van der Waals surface area contributed by atoms with Crippen molar-refractivity contribution in [2.24, 2.45) is 10.4 Å². The van der Waals surface area contributed by atoms with E-state index in [1.807, 2.05) is 20.8 Å². The van der Waals surface area contributed by atoms with Gasteiger partial charge in [-0.05, 0) is 17.7 Å². The van der Waals surface area contributed by atoms with Gasteiger partial charge < -0.3 is 20.7 Å². The molecule has 0 heterocycles. The largest absolute Gasteiger partial charge is 0.484 e. The summed E-state index contributed by atoms with van der Waals surface area (Å²) in [4.78, 5) is 15.8. The Morgan fingerprint density at radius 1 is 1.04 bits per heavy atom. The third-order valence-electron chi connectivity index (χ3n) is 3.39. The first-order valence-corrected chi connectivity index (χ1v) is 8.52. The van der Waals surface area contributed by atoms with Crippen LogP contribution in [0.3, 0.4) is 0 Å². The van der Waals surface area contributed by atoms with Crippen LogP contribution in [0.25, 0.3) is 0 Å². The Bertz CT molecular complexity index is 623. The molecule has 152 valence electrons. The summed E-state index contributed by atoms with van der Waals surface area (Å²) >= 11 is 0. The number of aliphatic imine (C=N–C) groups is 1. The molecule has 9 heteroatoms. The molecule has 0 saturated heterocycles. The first kappa shape index (κ1) is 22.6. The normalized spacial score (nSPS) is 12.5. The first-order chi connectivity index (χ1) is 12.5. The Kier molecular flexibility index (Phi) is 8.39. The number of amides is 1. The van der Waals surface area contributed by atoms with E-state index in [4.69, 9.17) is 0 Å². The van der Waals surface area contributed by atoms with E-state index < -0.39 is 18.2 Å². The fourth-order valence-corrected chi connectivity index (χ4v) is 1.90. The van der Waals surface area contributed by atoms with Crippen LogP contribution >= 0.6 is 0 Å². The lowest BCUT2D eigenvalue weighted by Crippen LogP contribution is -2.43. The summed E-state index contributed by atoms with van der Waals surface area (Å²) in [5, 5.41) is 8.98. The zero-order chi connectivity index (χ0) is 20.5. The van der Waals surface area contributed by atoms with Crippen LogP contribution in [0.1, 0.15) is 26.3 Å². The topological polar surface area (TPSA) is 74.8 Å². The maximum absolute atomic E-state index is 12.1. The van der Waals surface area contributed by atoms with E-state index in [0.29, 0.717) is 25.6 Å². The predicted octanol–water partition coefficient (Wildman–Crippen LogP) is 2.46. The standard InChI is InChI=1S/C18H27F3N4O2/c1-17(2,3)15(26)23-9-10-24-16(22-4)25-11-13-5-7-14(8-6-13)27-12-18(19,20)21/h5-8H,9-12H2,1-4H3,(H,23,26)(H2,22,24,25). The number of guanidine groups is 1. The number of nitrogens with zero attached hydrogens (tertiary/aromatic N) is 1. The lowest BCUT2D eigenvalue weighted by Gasteiger charge is -2.18. The third kappa shape index (κ3) is 9.72. The summed E-state index contributed by atoms with van der Waals surface area (Å²) < 4.78 is 41.0. The molecule has 0 fully saturated rings. The van der Waals surface area contributed by atoms with Crippen molar-refractivity contribution in [2.75, 3.05) is 26.7 Å². The second-order valence-electron chi connectivity index (χ2n) is 6.91. The van der Waals surface area contributed by atoms with Crippen LogP contribution in [-0.2, 0) is 11.3 Å². The minimum absolute atomic E-state index is 0.0277. The molecule has 0 aliphatic heterocycles. The second-order valence-corrected chi connectivity index (χ2v) is 6.91. The molecule has 0 saturated carbocycles. The highest BCUT2D eigenvalue weighted by atomic mass is 19.4. The van der Waals surface area contributed by atoms with Gasteiger partial charge in [0.25, 0.3) is 0 Å². The zero-order valence-electron chi connectivity index (χ0n) is 16.0. The van der Waals surface area contributed by atoms with Gasteiger partial charge in [-0.1, -0.05) is 32.9 Å². The number of hydrogen-bond acceptors (Lipinski definition) is 3. The quantitative estimate of drug-likeness (QED) is 0.381. The fraction of sp³-hybridized carbons (Fsp3) is 0.556. The third-order valence-corrected chi connectivity index (χ3v) is 3.39. The molecule has 6 nitrogen and oxygen atoms in total. The number of benzene rings is 1. The molecule has 0 bridgehead atoms. The van der Waals surface area contributed by atoms with Crippen molar-refractivity contribution in [3.63, 3.8) is 0 Å². The summed E-state index contributed by atoms with van der Waals surface area (Å²) in [6.07, 6.45) is -4.36. The van der Waals surface area contributed by atoms with Crippen molar-refractivity contribution in [1.82, 2.24) is 16.0 Å². The maximum Gasteiger partial charge on any atom is 0.422 e. The number of hydrogen-bond donors (Lipinski definition) is 3. The molecule has 0 aliphatic rings. The van der Waals surface area contributed by atoms with Crippen LogP contribution in [0.5, 0.6) is 5.75 Å². The van der Waals surface area contributed by atoms with Gasteiger partial charge in [-0.25, -0.2) is 0 Å². The van der Waals surface area contributed by atoms with Gasteiger partial charge in [-0.2, -0.15) is 13.2 Å². The van der Waals surface area contributed by atoms with Crippen LogP contribution in [0.15, 0.2) is 29.3 Å². The number of halogens is 3. The van der Waals surface area contributed by atoms with Gasteiger partial charge in [0.05, 0.1) is 0 Å². The highest BCUT2D eigenvalue weighted by Gasteiger charge is 2.28. The van der Waals surface area contributed by atoms with Crippen LogP contribution in [-0.4, -0.2) is 44.8 Å². The van der Waals surface area contributed by atoms with Gasteiger partial charge in [0.2, 0.25) is 5.91 Å². The maximum atomic E-state index is 12.1. The monoisotopic (exact) mass is 388 g/mol. The SMILES string of the molecule is CN=C(NCCNC(=O)C(C)(C)C)NCc1ccc(OCC(F)(F)F)cc1. The molecule has 27 heavy (non-hydrogen) atoms. The van der Waals surface area contributed by atoms with E-state index in [1.165, 1.54) is 12.1 Å². The van der Waals surface area contributed by atoms with E-state index in [2.05, 4.69) is 25.7 Å². The second kappa shape index (κ2) is 10.0. The molecule has 0 atom stereocenters. The van der Waals surface area contributed by atoms with Crippen molar-refractivity contribution < 1.29 is 22.7 Å². The smallest absolute Gasteiger partial charge is 0.422 e. The lowest BCUT2D eigenvalue weighted by atomic mass is 9.96. The molecule has 1 aromatic carbocycles. The van der Waals surface area contributed by atoms with Gasteiger partial charge in [0.1, 0.15) is 5.75 Å². The van der Waals surface area contributed by atoms with E-state index in [1.54, 1.807) is 19.2 Å². The van der Waals surface area contributed by atoms with E-state index in [0.717, 1.165) is 5.56 Å². The van der Waals surface area contributed by atoms with Crippen molar-refractivity contribution in [3.05, 3.63) is 29.8 Å². The molecule has 1 amide bonds. The van der Waals surface area contributed by atoms with E-state index in [-0.39, 0.29) is 11.7 Å². The highest BCUT2D eigenvalue weighted by molar-refractivity contribution is 5.81. The van der Waals surface area contributed by atoms with Crippen molar-refractivity contribution >= 4 is 11.9 Å². The molecule has 0 radical (unpaired) electrons. The van der Waals surface area contributed by atoms with Crippen molar-refractivity contribution in [1.29, 1.82) is 0 Å². The zero-order valence-corrected chi connectivity index (χ0v) is 16.0. The molecule has 0 spiro atoms. The minimum atomic E-state index is -4.36. The number of rotatable bonds is 7. The number of ether oxygens (including phenoxy) is 1. The molecular weight excluding hydrogens is 361 g/mol. The van der Waals surface area contributed by atoms with Gasteiger partial charge in [-0.3, -0.25) is 9.79 Å². The Labute approximate surface area is 157 Å². The summed E-state index contributed by atoms with van der Waals surface area (Å²) in [6.45, 7) is 5.62. The Morgan fingerprint density at radius 2 is 1.63 bits per heavy atom. The summed E-state index contributed by atoms with van der Waals surface area (Å²) in [5.74, 6) is 0.686. The number of alkyl halides is 3.